The molecule has 7 nitrogen and oxygen atoms in total. The summed E-state index contributed by atoms with van der Waals surface area (Å²) in [5, 5.41) is 6.57. The number of nitrogens with one attached hydrogen (secondary N) is 2. The molecule has 23 heavy (non-hydrogen) atoms. The lowest BCUT2D eigenvalue weighted by Gasteiger charge is -2.18. The molecule has 0 aliphatic carbocycles. The van der Waals surface area contributed by atoms with Crippen molar-refractivity contribution in [2.24, 2.45) is 4.99 Å². The van der Waals surface area contributed by atoms with E-state index in [0.717, 1.165) is 44.9 Å². The lowest BCUT2D eigenvalue weighted by molar-refractivity contribution is -0.140. The number of guanidine groups is 1. The third kappa shape index (κ3) is 8.38. The second-order valence-electron chi connectivity index (χ2n) is 5.36. The number of halogens is 1. The van der Waals surface area contributed by atoms with Crippen LogP contribution in [0.2, 0.25) is 0 Å². The Morgan fingerprint density at radius 2 is 2.09 bits per heavy atom. The van der Waals surface area contributed by atoms with Gasteiger partial charge < -0.3 is 20.3 Å². The van der Waals surface area contributed by atoms with Crippen LogP contribution in [0.25, 0.3) is 0 Å². The molecule has 8 heteroatoms. The summed E-state index contributed by atoms with van der Waals surface area (Å²) in [6.45, 7) is 4.18. The molecule has 0 aromatic heterocycles. The van der Waals surface area contributed by atoms with Crippen molar-refractivity contribution in [3.05, 3.63) is 0 Å². The standard InChI is InChI=1S/C15H28N4O3.HI/c1-4-13(20)19-10-8-12(11-19)18-15(16-2)17-9-6-5-7-14(21)22-3;/h12H,4-11H2,1-3H3,(H2,16,17,18);1H. The van der Waals surface area contributed by atoms with E-state index in [4.69, 9.17) is 0 Å². The molecule has 1 rings (SSSR count). The van der Waals surface area contributed by atoms with Crippen molar-refractivity contribution in [2.75, 3.05) is 33.8 Å². The minimum Gasteiger partial charge on any atom is -0.469 e. The maximum atomic E-state index is 11.7. The smallest absolute Gasteiger partial charge is 0.305 e. The zero-order valence-corrected chi connectivity index (χ0v) is 16.6. The van der Waals surface area contributed by atoms with Crippen LogP contribution in [0.5, 0.6) is 0 Å². The summed E-state index contributed by atoms with van der Waals surface area (Å²) in [5.41, 5.74) is 0. The fraction of sp³-hybridized carbons (Fsp3) is 0.800. The number of rotatable bonds is 7. The highest BCUT2D eigenvalue weighted by Gasteiger charge is 2.25. The monoisotopic (exact) mass is 440 g/mol. The largest absolute Gasteiger partial charge is 0.469 e. The van der Waals surface area contributed by atoms with Gasteiger partial charge in [-0.3, -0.25) is 14.6 Å². The second-order valence-corrected chi connectivity index (χ2v) is 5.36. The van der Waals surface area contributed by atoms with Crippen molar-refractivity contribution in [3.8, 4) is 0 Å². The minimum absolute atomic E-state index is 0. The molecule has 134 valence electrons. The van der Waals surface area contributed by atoms with Crippen molar-refractivity contribution >= 4 is 41.8 Å². The molecule has 1 fully saturated rings. The van der Waals surface area contributed by atoms with Crippen LogP contribution in [0.15, 0.2) is 4.99 Å². The quantitative estimate of drug-likeness (QED) is 0.204. The first-order valence-corrected chi connectivity index (χ1v) is 7.92. The van der Waals surface area contributed by atoms with Crippen LogP contribution in [-0.4, -0.2) is 62.6 Å². The van der Waals surface area contributed by atoms with Crippen molar-refractivity contribution < 1.29 is 14.3 Å². The number of unbranched alkanes of at least 4 members (excludes halogenated alkanes) is 1. The summed E-state index contributed by atoms with van der Waals surface area (Å²) in [6, 6.07) is 0.247. The highest BCUT2D eigenvalue weighted by Crippen LogP contribution is 2.10. The number of nitrogens with zero attached hydrogens (tertiary/aromatic N) is 2. The van der Waals surface area contributed by atoms with Gasteiger partial charge in [-0.25, -0.2) is 0 Å². The lowest BCUT2D eigenvalue weighted by Crippen LogP contribution is -2.45. The predicted octanol–water partition coefficient (Wildman–Crippen LogP) is 1.12. The van der Waals surface area contributed by atoms with E-state index in [0.29, 0.717) is 12.8 Å². The molecule has 1 atom stereocenters. The molecule has 1 heterocycles. The number of methoxy groups -OCH3 is 1. The van der Waals surface area contributed by atoms with E-state index in [-0.39, 0.29) is 41.9 Å². The van der Waals surface area contributed by atoms with Gasteiger partial charge in [0.25, 0.3) is 0 Å². The number of likely N-dealkylation sites (tertiary alicyclic amines) is 1. The van der Waals surface area contributed by atoms with Gasteiger partial charge in [0.05, 0.1) is 7.11 Å². The zero-order valence-electron chi connectivity index (χ0n) is 14.3. The maximum Gasteiger partial charge on any atom is 0.305 e. The van der Waals surface area contributed by atoms with Gasteiger partial charge in [-0.15, -0.1) is 24.0 Å². The topological polar surface area (TPSA) is 83.0 Å². The number of hydrogen-bond donors (Lipinski definition) is 2. The van der Waals surface area contributed by atoms with E-state index in [9.17, 15) is 9.59 Å². The molecule has 1 aliphatic heterocycles. The average Bonchev–Trinajstić information content (AvgIpc) is 3.00. The van der Waals surface area contributed by atoms with E-state index in [2.05, 4.69) is 20.4 Å². The highest BCUT2D eigenvalue weighted by molar-refractivity contribution is 14.0. The highest BCUT2D eigenvalue weighted by atomic mass is 127. The molecule has 1 aliphatic rings. The van der Waals surface area contributed by atoms with Crippen molar-refractivity contribution in [1.29, 1.82) is 0 Å². The molecule has 0 bridgehead atoms. The molecule has 0 aromatic rings. The molecule has 1 saturated heterocycles. The van der Waals surface area contributed by atoms with E-state index in [1.54, 1.807) is 7.05 Å². The molecule has 1 unspecified atom stereocenters. The Hall–Kier alpha value is -1.06. The van der Waals surface area contributed by atoms with Crippen LogP contribution >= 0.6 is 24.0 Å². The molecular formula is C15H29IN4O3. The molecule has 2 N–H and O–H groups in total. The van der Waals surface area contributed by atoms with Crippen LogP contribution in [0, 0.1) is 0 Å². The van der Waals surface area contributed by atoms with Crippen LogP contribution in [0.1, 0.15) is 39.0 Å². The van der Waals surface area contributed by atoms with E-state index in [1.165, 1.54) is 7.11 Å². The number of amides is 1. The van der Waals surface area contributed by atoms with Gasteiger partial charge in [0, 0.05) is 45.6 Å². The normalized spacial score (nSPS) is 17.4. The number of hydrogen-bond acceptors (Lipinski definition) is 4. The number of ether oxygens (including phenoxy) is 1. The molecular weight excluding hydrogens is 411 g/mol. The fourth-order valence-electron chi connectivity index (χ4n) is 2.42. The van der Waals surface area contributed by atoms with Crippen LogP contribution in [0.4, 0.5) is 0 Å². The third-order valence-corrected chi connectivity index (χ3v) is 3.74. The van der Waals surface area contributed by atoms with Crippen LogP contribution < -0.4 is 10.6 Å². The number of carbonyl (C=O) groups is 2. The fourth-order valence-corrected chi connectivity index (χ4v) is 2.42. The Morgan fingerprint density at radius 3 is 2.70 bits per heavy atom. The Bertz CT molecular complexity index is 404. The molecule has 0 spiro atoms. The summed E-state index contributed by atoms with van der Waals surface area (Å²) >= 11 is 0. The molecule has 0 aromatic carbocycles. The minimum atomic E-state index is -0.172. The van der Waals surface area contributed by atoms with E-state index >= 15 is 0 Å². The van der Waals surface area contributed by atoms with Crippen LogP contribution in [0.3, 0.4) is 0 Å². The first kappa shape index (κ1) is 21.9. The Balaban J connectivity index is 0.00000484. The van der Waals surface area contributed by atoms with Crippen molar-refractivity contribution in [2.45, 2.75) is 45.1 Å². The van der Waals surface area contributed by atoms with Gasteiger partial charge in [0.1, 0.15) is 0 Å². The summed E-state index contributed by atoms with van der Waals surface area (Å²) in [5.74, 6) is 0.776. The van der Waals surface area contributed by atoms with Gasteiger partial charge >= 0.3 is 5.97 Å². The van der Waals surface area contributed by atoms with Crippen molar-refractivity contribution in [3.63, 3.8) is 0 Å². The predicted molar refractivity (Wildman–Crippen MR) is 101 cm³/mol. The van der Waals surface area contributed by atoms with Crippen LogP contribution in [-0.2, 0) is 14.3 Å². The lowest BCUT2D eigenvalue weighted by atomic mass is 10.2. The van der Waals surface area contributed by atoms with Gasteiger partial charge in [0.15, 0.2) is 5.96 Å². The second kappa shape index (κ2) is 12.4. The first-order valence-electron chi connectivity index (χ1n) is 7.92. The number of aliphatic imine (C=N–C) groups is 1. The number of carbonyl (C=O) groups excluding carboxylic acids is 2. The number of esters is 1. The summed E-state index contributed by atoms with van der Waals surface area (Å²) in [4.78, 5) is 28.7. The SMILES string of the molecule is CCC(=O)N1CCC(NC(=NC)NCCCCC(=O)OC)C1.I. The van der Waals surface area contributed by atoms with Gasteiger partial charge in [-0.05, 0) is 19.3 Å². The molecule has 1 amide bonds. The third-order valence-electron chi connectivity index (χ3n) is 3.74. The summed E-state index contributed by atoms with van der Waals surface area (Å²) in [6.07, 6.45) is 3.61. The average molecular weight is 440 g/mol. The zero-order chi connectivity index (χ0) is 16.4. The van der Waals surface area contributed by atoms with Gasteiger partial charge in [-0.2, -0.15) is 0 Å². The summed E-state index contributed by atoms with van der Waals surface area (Å²) < 4.78 is 4.60. The van der Waals surface area contributed by atoms with Gasteiger partial charge in [-0.1, -0.05) is 6.92 Å². The maximum absolute atomic E-state index is 11.7. The molecule has 0 radical (unpaired) electrons. The first-order chi connectivity index (χ1) is 10.6. The van der Waals surface area contributed by atoms with Crippen molar-refractivity contribution in [1.82, 2.24) is 15.5 Å². The Morgan fingerprint density at radius 1 is 1.35 bits per heavy atom. The Labute approximate surface area is 155 Å². The summed E-state index contributed by atoms with van der Waals surface area (Å²) in [7, 11) is 3.13. The van der Waals surface area contributed by atoms with Gasteiger partial charge in [0.2, 0.25) is 5.91 Å². The molecule has 0 saturated carbocycles. The van der Waals surface area contributed by atoms with E-state index < -0.39 is 0 Å². The Kier molecular flexibility index (Phi) is 11.8. The van der Waals surface area contributed by atoms with E-state index in [1.807, 2.05) is 11.8 Å².